The zero-order valence-corrected chi connectivity index (χ0v) is 7.16. The van der Waals surface area contributed by atoms with Crippen LogP contribution in [0.1, 0.15) is 13.3 Å². The van der Waals surface area contributed by atoms with Crippen LogP contribution in [-0.4, -0.2) is 47.5 Å². The Morgan fingerprint density at radius 2 is 1.73 bits per heavy atom. The molecule has 1 unspecified atom stereocenters. The van der Waals surface area contributed by atoms with Gasteiger partial charge in [-0.3, -0.25) is 4.90 Å². The molecule has 0 saturated heterocycles. The van der Waals surface area contributed by atoms with E-state index in [0.717, 1.165) is 6.42 Å². The van der Waals surface area contributed by atoms with Gasteiger partial charge in [-0.25, -0.2) is 0 Å². The fraction of sp³-hybridized carbons (Fsp3) is 0.875. The van der Waals surface area contributed by atoms with Crippen LogP contribution in [0.15, 0.2) is 0 Å². The molecule has 3 nitrogen and oxygen atoms in total. The van der Waals surface area contributed by atoms with Crippen LogP contribution in [0.4, 0.5) is 0 Å². The van der Waals surface area contributed by atoms with Crippen LogP contribution in [0.25, 0.3) is 0 Å². The number of hydrogen-bond acceptors (Lipinski definition) is 3. The van der Waals surface area contributed by atoms with Crippen LogP contribution in [0.3, 0.4) is 0 Å². The minimum Gasteiger partial charge on any atom is -0.395 e. The molecule has 0 aromatic carbocycles. The Balaban J connectivity index is 3.66. The van der Waals surface area contributed by atoms with E-state index in [0.29, 0.717) is 19.1 Å². The second-order valence-corrected chi connectivity index (χ2v) is 2.62. The fourth-order valence-electron chi connectivity index (χ4n) is 0.992. The lowest BCUT2D eigenvalue weighted by Gasteiger charge is -2.26. The molecule has 0 spiro atoms. The van der Waals surface area contributed by atoms with E-state index in [9.17, 15) is 0 Å². The molecule has 0 heterocycles. The molecule has 0 amide bonds. The van der Waals surface area contributed by atoms with Crippen molar-refractivity contribution in [3.8, 4) is 0 Å². The topological polar surface area (TPSA) is 43.7 Å². The largest absolute Gasteiger partial charge is 0.395 e. The number of aliphatic hydroxyl groups excluding tert-OH is 2. The molecule has 2 N–H and O–H groups in total. The molecule has 0 aromatic heterocycles. The molecule has 1 radical (unpaired) electrons. The quantitative estimate of drug-likeness (QED) is 0.569. The van der Waals surface area contributed by atoms with Gasteiger partial charge in [0.15, 0.2) is 0 Å². The number of hydrogen-bond donors (Lipinski definition) is 2. The maximum Gasteiger partial charge on any atom is 0.0558 e. The summed E-state index contributed by atoms with van der Waals surface area (Å²) in [5.41, 5.74) is 0. The molecule has 0 aliphatic rings. The summed E-state index contributed by atoms with van der Waals surface area (Å²) in [7, 11) is 0. The maximum absolute atomic E-state index is 8.66. The average Bonchev–Trinajstić information content (AvgIpc) is 2.03. The molecule has 11 heavy (non-hydrogen) atoms. The van der Waals surface area contributed by atoms with Crippen molar-refractivity contribution < 1.29 is 10.2 Å². The smallest absolute Gasteiger partial charge is 0.0558 e. The first kappa shape index (κ1) is 10.9. The zero-order valence-electron chi connectivity index (χ0n) is 7.16. The molecule has 0 aliphatic carbocycles. The summed E-state index contributed by atoms with van der Waals surface area (Å²) in [5.74, 6) is 0. The van der Waals surface area contributed by atoms with Crippen molar-refractivity contribution in [2.24, 2.45) is 0 Å². The molecule has 3 heteroatoms. The molecular weight excluding hydrogens is 142 g/mol. The normalized spacial score (nSPS) is 13.9. The molecule has 67 valence electrons. The Labute approximate surface area is 68.6 Å². The third kappa shape index (κ3) is 4.35. The van der Waals surface area contributed by atoms with Gasteiger partial charge in [-0.2, -0.15) is 0 Å². The Kier molecular flexibility index (Phi) is 6.51. The zero-order chi connectivity index (χ0) is 8.69. The van der Waals surface area contributed by atoms with E-state index in [1.54, 1.807) is 0 Å². The molecule has 0 rings (SSSR count). The van der Waals surface area contributed by atoms with Crippen molar-refractivity contribution in [1.29, 1.82) is 0 Å². The van der Waals surface area contributed by atoms with Gasteiger partial charge >= 0.3 is 0 Å². The van der Waals surface area contributed by atoms with Gasteiger partial charge in [-0.05, 0) is 13.3 Å². The van der Waals surface area contributed by atoms with Crippen molar-refractivity contribution in [3.63, 3.8) is 0 Å². The van der Waals surface area contributed by atoms with Crippen molar-refractivity contribution >= 4 is 0 Å². The average molecular weight is 160 g/mol. The monoisotopic (exact) mass is 160 g/mol. The number of nitrogens with zero attached hydrogens (tertiary/aromatic N) is 1. The van der Waals surface area contributed by atoms with E-state index in [1.165, 1.54) is 0 Å². The van der Waals surface area contributed by atoms with Crippen LogP contribution in [0.2, 0.25) is 0 Å². The molecule has 0 fully saturated rings. The molecule has 0 aliphatic heterocycles. The van der Waals surface area contributed by atoms with Gasteiger partial charge < -0.3 is 10.2 Å². The number of rotatable bonds is 6. The van der Waals surface area contributed by atoms with Crippen LogP contribution in [0, 0.1) is 6.92 Å². The lowest BCUT2D eigenvalue weighted by molar-refractivity contribution is 0.129. The van der Waals surface area contributed by atoms with Gasteiger partial charge in [0.05, 0.1) is 13.2 Å². The Morgan fingerprint density at radius 1 is 1.27 bits per heavy atom. The van der Waals surface area contributed by atoms with E-state index in [2.05, 4.69) is 6.92 Å². The maximum atomic E-state index is 8.66. The third-order valence-electron chi connectivity index (χ3n) is 1.82. The summed E-state index contributed by atoms with van der Waals surface area (Å²) in [6, 6.07) is 0.342. The van der Waals surface area contributed by atoms with Crippen LogP contribution >= 0.6 is 0 Å². The minimum absolute atomic E-state index is 0.143. The van der Waals surface area contributed by atoms with Crippen molar-refractivity contribution in [2.45, 2.75) is 19.4 Å². The summed E-state index contributed by atoms with van der Waals surface area (Å²) < 4.78 is 0. The van der Waals surface area contributed by atoms with Gasteiger partial charge in [0.1, 0.15) is 0 Å². The minimum atomic E-state index is 0.143. The van der Waals surface area contributed by atoms with Crippen molar-refractivity contribution in [2.75, 3.05) is 26.3 Å². The highest BCUT2D eigenvalue weighted by Crippen LogP contribution is 2.00. The summed E-state index contributed by atoms with van der Waals surface area (Å²) in [6.07, 6.45) is 0.806. The van der Waals surface area contributed by atoms with Crippen LogP contribution in [-0.2, 0) is 0 Å². The standard InChI is InChI=1S/C8H18NO2/c1-3-8(2)9(4-6-10)5-7-11/h8,10-11H,1,3-7H2,2H3. The van der Waals surface area contributed by atoms with E-state index in [1.807, 2.05) is 11.8 Å². The predicted octanol–water partition coefficient (Wildman–Crippen LogP) is -0.114. The van der Waals surface area contributed by atoms with E-state index in [4.69, 9.17) is 10.2 Å². The first-order valence-corrected chi connectivity index (χ1v) is 4.01. The molecule has 1 atom stereocenters. The molecule has 0 saturated carbocycles. The van der Waals surface area contributed by atoms with Crippen molar-refractivity contribution in [3.05, 3.63) is 6.92 Å². The first-order valence-electron chi connectivity index (χ1n) is 4.01. The van der Waals surface area contributed by atoms with Gasteiger partial charge in [0.25, 0.3) is 0 Å². The van der Waals surface area contributed by atoms with Gasteiger partial charge in [-0.1, -0.05) is 6.92 Å². The van der Waals surface area contributed by atoms with Crippen LogP contribution < -0.4 is 0 Å². The number of aliphatic hydroxyl groups is 2. The summed E-state index contributed by atoms with van der Waals surface area (Å²) in [5, 5.41) is 17.3. The Hall–Kier alpha value is -0.120. The lowest BCUT2D eigenvalue weighted by Crippen LogP contribution is -2.37. The summed E-state index contributed by atoms with van der Waals surface area (Å²) in [4.78, 5) is 2.02. The first-order chi connectivity index (χ1) is 5.26. The Bertz CT molecular complexity index is 82.2. The lowest BCUT2D eigenvalue weighted by atomic mass is 10.2. The second-order valence-electron chi connectivity index (χ2n) is 2.62. The molecular formula is C8H18NO2. The summed E-state index contributed by atoms with van der Waals surface area (Å²) in [6.45, 7) is 7.34. The fourth-order valence-corrected chi connectivity index (χ4v) is 0.992. The van der Waals surface area contributed by atoms with E-state index < -0.39 is 0 Å². The molecule has 0 bridgehead atoms. The van der Waals surface area contributed by atoms with Gasteiger partial charge in [0, 0.05) is 19.1 Å². The SMILES string of the molecule is [CH2]CC(C)N(CCO)CCO. The highest BCUT2D eigenvalue weighted by atomic mass is 16.3. The third-order valence-corrected chi connectivity index (χ3v) is 1.82. The van der Waals surface area contributed by atoms with Crippen LogP contribution in [0.5, 0.6) is 0 Å². The van der Waals surface area contributed by atoms with E-state index >= 15 is 0 Å². The Morgan fingerprint density at radius 3 is 2.00 bits per heavy atom. The highest BCUT2D eigenvalue weighted by molar-refractivity contribution is 4.67. The van der Waals surface area contributed by atoms with Gasteiger partial charge in [0.2, 0.25) is 0 Å². The van der Waals surface area contributed by atoms with E-state index in [-0.39, 0.29) is 13.2 Å². The highest BCUT2D eigenvalue weighted by Gasteiger charge is 2.09. The molecule has 0 aromatic rings. The van der Waals surface area contributed by atoms with Gasteiger partial charge in [-0.15, -0.1) is 0 Å². The second kappa shape index (κ2) is 6.58. The van der Waals surface area contributed by atoms with Crippen molar-refractivity contribution in [1.82, 2.24) is 4.90 Å². The summed E-state index contributed by atoms with van der Waals surface area (Å²) >= 11 is 0. The predicted molar refractivity (Wildman–Crippen MR) is 45.2 cm³/mol.